The van der Waals surface area contributed by atoms with Crippen LogP contribution in [0.2, 0.25) is 0 Å². The second-order valence-electron chi connectivity index (χ2n) is 15.1. The van der Waals surface area contributed by atoms with Crippen molar-refractivity contribution in [1.29, 1.82) is 0 Å². The standard InChI is InChI=1S/C39H42F3N9O5/c1-48-35-28(51(38(48)55)29-11-13-33(52)46-37(29)54)10-12-30(56-2)34(35)23-14-16-49(17-15-23)20-22-6-8-25(9-7-22)50-21-24-18-32(43-19-27(24)47-50)45-36(53)26-4-3-5-31(44-26)39(40,41)42/h3-5,10,12,18-19,21-23,25,29H,6-9,11,13-17,20H2,1-2H3,(H,45,53)(H,46,52,54)/t22-,25-,29-/m1/s1. The number of carbonyl (C=O) groups excluding carboxylic acids is 3. The highest BCUT2D eigenvalue weighted by Gasteiger charge is 2.35. The monoisotopic (exact) mass is 773 g/mol. The van der Waals surface area contributed by atoms with E-state index in [1.54, 1.807) is 31.0 Å². The molecule has 0 unspecified atom stereocenters. The number of pyridine rings is 2. The van der Waals surface area contributed by atoms with Crippen LogP contribution in [0.1, 0.15) is 91.1 Å². The van der Waals surface area contributed by atoms with Crippen LogP contribution in [0.15, 0.2) is 53.6 Å². The van der Waals surface area contributed by atoms with Gasteiger partial charge >= 0.3 is 11.9 Å². The fourth-order valence-corrected chi connectivity index (χ4v) is 8.75. The lowest BCUT2D eigenvalue weighted by Crippen LogP contribution is -2.44. The quantitative estimate of drug-likeness (QED) is 0.199. The number of aromatic nitrogens is 6. The second-order valence-corrected chi connectivity index (χ2v) is 15.1. The number of hydrogen-bond donors (Lipinski definition) is 2. The van der Waals surface area contributed by atoms with Gasteiger partial charge in [0.15, 0.2) is 0 Å². The molecule has 0 radical (unpaired) electrons. The van der Waals surface area contributed by atoms with E-state index in [0.717, 1.165) is 92.5 Å². The number of hydrogen-bond acceptors (Lipinski definition) is 9. The van der Waals surface area contributed by atoms with Gasteiger partial charge in [-0.05, 0) is 100 Å². The van der Waals surface area contributed by atoms with E-state index >= 15 is 0 Å². The van der Waals surface area contributed by atoms with Gasteiger partial charge in [0.1, 0.15) is 34.5 Å². The Labute approximate surface area is 319 Å². The molecule has 3 aliphatic rings. The third-order valence-corrected chi connectivity index (χ3v) is 11.6. The minimum atomic E-state index is -4.66. The Hall–Kier alpha value is -5.58. The number of nitrogens with one attached hydrogen (secondary N) is 2. The number of alkyl halides is 3. The number of likely N-dealkylation sites (tertiary alicyclic amines) is 1. The largest absolute Gasteiger partial charge is 0.496 e. The van der Waals surface area contributed by atoms with Gasteiger partial charge < -0.3 is 15.0 Å². The maximum Gasteiger partial charge on any atom is 0.433 e. The molecule has 0 spiro atoms. The number of methoxy groups -OCH3 is 1. The van der Waals surface area contributed by atoms with E-state index in [0.29, 0.717) is 17.0 Å². The zero-order chi connectivity index (χ0) is 39.3. The van der Waals surface area contributed by atoms with Gasteiger partial charge in [0, 0.05) is 37.2 Å². The molecule has 17 heteroatoms. The molecule has 1 aromatic carbocycles. The van der Waals surface area contributed by atoms with Crippen LogP contribution in [0.3, 0.4) is 0 Å². The van der Waals surface area contributed by atoms with Gasteiger partial charge in [-0.2, -0.15) is 18.3 Å². The van der Waals surface area contributed by atoms with E-state index in [2.05, 4.69) is 25.5 Å². The maximum absolute atomic E-state index is 13.6. The van der Waals surface area contributed by atoms with E-state index in [-0.39, 0.29) is 47.9 Å². The number of aryl methyl sites for hydroxylation is 1. The zero-order valence-electron chi connectivity index (χ0n) is 31.0. The number of carbonyl (C=O) groups is 3. The number of halogens is 3. The summed E-state index contributed by atoms with van der Waals surface area (Å²) in [5.74, 6) is 0.0546. The SMILES string of the molecule is COc1ccc2c(c1C1CCN(C[C@H]3CC[C@H](n4cc5cc(NC(=O)c6cccc(C(F)(F)F)n6)ncc5n4)CC3)CC1)n(C)c(=O)n2[C@@H]1CCC(=O)NC1=O. The van der Waals surface area contributed by atoms with Gasteiger partial charge in [-0.25, -0.2) is 14.8 Å². The van der Waals surface area contributed by atoms with Crippen molar-refractivity contribution in [3.05, 3.63) is 76.2 Å². The van der Waals surface area contributed by atoms with Crippen LogP contribution in [0, 0.1) is 5.92 Å². The number of nitrogens with zero attached hydrogens (tertiary/aromatic N) is 7. The number of fused-ring (bicyclic) bond motifs is 2. The first-order valence-corrected chi connectivity index (χ1v) is 18.9. The normalized spacial score (nSPS) is 21.4. The summed E-state index contributed by atoms with van der Waals surface area (Å²) in [6.45, 7) is 2.82. The molecular weight excluding hydrogens is 731 g/mol. The molecule has 3 fully saturated rings. The molecule has 1 aliphatic carbocycles. The van der Waals surface area contributed by atoms with Crippen LogP contribution in [-0.2, 0) is 22.8 Å². The Morgan fingerprint density at radius 3 is 2.50 bits per heavy atom. The zero-order valence-corrected chi connectivity index (χ0v) is 31.0. The number of ether oxygens (including phenoxy) is 1. The smallest absolute Gasteiger partial charge is 0.433 e. The third kappa shape index (κ3) is 7.15. The van der Waals surface area contributed by atoms with Crippen molar-refractivity contribution in [1.82, 2.24) is 39.1 Å². The van der Waals surface area contributed by atoms with Crippen LogP contribution in [0.5, 0.6) is 5.75 Å². The van der Waals surface area contributed by atoms with Crippen molar-refractivity contribution in [2.45, 2.75) is 75.5 Å². The number of piperidine rings is 2. The topological polar surface area (TPSA) is 158 Å². The number of benzene rings is 1. The van der Waals surface area contributed by atoms with Gasteiger partial charge in [-0.15, -0.1) is 0 Å². The molecule has 294 valence electrons. The summed E-state index contributed by atoms with van der Waals surface area (Å²) in [5, 5.41) is 10.4. The highest BCUT2D eigenvalue weighted by molar-refractivity contribution is 6.03. The Morgan fingerprint density at radius 2 is 1.79 bits per heavy atom. The van der Waals surface area contributed by atoms with Crippen molar-refractivity contribution in [2.24, 2.45) is 13.0 Å². The average molecular weight is 774 g/mol. The molecule has 1 atom stereocenters. The van der Waals surface area contributed by atoms with Gasteiger partial charge in [-0.3, -0.25) is 33.5 Å². The van der Waals surface area contributed by atoms with Gasteiger partial charge in [0.05, 0.1) is 30.4 Å². The Balaban J connectivity index is 0.878. The van der Waals surface area contributed by atoms with Crippen LogP contribution in [0.25, 0.3) is 21.9 Å². The Bertz CT molecular complexity index is 2390. The number of rotatable bonds is 8. The summed E-state index contributed by atoms with van der Waals surface area (Å²) < 4.78 is 50.2. The highest BCUT2D eigenvalue weighted by atomic mass is 19.4. The molecule has 0 bridgehead atoms. The molecule has 2 saturated heterocycles. The number of amides is 3. The Morgan fingerprint density at radius 1 is 1.02 bits per heavy atom. The van der Waals surface area contributed by atoms with E-state index in [1.165, 1.54) is 10.6 Å². The van der Waals surface area contributed by atoms with Crippen LogP contribution in [-0.4, -0.2) is 78.2 Å². The molecule has 3 amide bonds. The summed E-state index contributed by atoms with van der Waals surface area (Å²) in [6, 6.07) is 8.00. The van der Waals surface area contributed by atoms with Crippen LogP contribution < -0.4 is 21.1 Å². The molecular formula is C39H42F3N9O5. The maximum atomic E-state index is 13.6. The molecule has 2 N–H and O–H groups in total. The van der Waals surface area contributed by atoms with Crippen LogP contribution >= 0.6 is 0 Å². The first-order valence-electron chi connectivity index (χ1n) is 18.9. The van der Waals surface area contributed by atoms with E-state index in [1.807, 2.05) is 23.0 Å². The lowest BCUT2D eigenvalue weighted by atomic mass is 9.84. The summed E-state index contributed by atoms with van der Waals surface area (Å²) >= 11 is 0. The molecule has 8 rings (SSSR count). The molecule has 6 heterocycles. The minimum Gasteiger partial charge on any atom is -0.496 e. The van der Waals surface area contributed by atoms with E-state index in [9.17, 15) is 32.3 Å². The Kier molecular flexibility index (Phi) is 9.88. The van der Waals surface area contributed by atoms with Crippen LogP contribution in [0.4, 0.5) is 19.0 Å². The first-order chi connectivity index (χ1) is 26.9. The molecule has 56 heavy (non-hydrogen) atoms. The minimum absolute atomic E-state index is 0.165. The third-order valence-electron chi connectivity index (χ3n) is 11.6. The molecule has 4 aromatic heterocycles. The van der Waals surface area contributed by atoms with Crippen molar-refractivity contribution < 1.29 is 32.3 Å². The van der Waals surface area contributed by atoms with Gasteiger partial charge in [0.25, 0.3) is 5.91 Å². The van der Waals surface area contributed by atoms with Gasteiger partial charge in [0.2, 0.25) is 11.8 Å². The van der Waals surface area contributed by atoms with Gasteiger partial charge in [-0.1, -0.05) is 6.07 Å². The lowest BCUT2D eigenvalue weighted by Gasteiger charge is -2.37. The summed E-state index contributed by atoms with van der Waals surface area (Å²) in [4.78, 5) is 61.0. The fourth-order valence-electron chi connectivity index (χ4n) is 8.75. The van der Waals surface area contributed by atoms with E-state index in [4.69, 9.17) is 9.84 Å². The highest BCUT2D eigenvalue weighted by Crippen LogP contribution is 2.41. The predicted octanol–water partition coefficient (Wildman–Crippen LogP) is 5.35. The first kappa shape index (κ1) is 37.3. The number of imidazole rings is 1. The van der Waals surface area contributed by atoms with Crippen molar-refractivity contribution in [2.75, 3.05) is 32.1 Å². The predicted molar refractivity (Wildman–Crippen MR) is 199 cm³/mol. The van der Waals surface area contributed by atoms with Crippen molar-refractivity contribution >= 4 is 45.5 Å². The summed E-state index contributed by atoms with van der Waals surface area (Å²) in [7, 11) is 3.36. The molecule has 14 nitrogen and oxygen atoms in total. The average Bonchev–Trinajstić information content (AvgIpc) is 3.72. The van der Waals surface area contributed by atoms with Crippen molar-refractivity contribution in [3.63, 3.8) is 0 Å². The fraction of sp³-hybridized carbons (Fsp3) is 0.462. The number of anilines is 1. The second kappa shape index (κ2) is 14.8. The molecule has 2 aliphatic heterocycles. The van der Waals surface area contributed by atoms with E-state index < -0.39 is 29.7 Å². The number of imide groups is 1. The summed E-state index contributed by atoms with van der Waals surface area (Å²) in [5.41, 5.74) is 1.29. The van der Waals surface area contributed by atoms with Crippen molar-refractivity contribution in [3.8, 4) is 5.75 Å². The molecule has 5 aromatic rings. The molecule has 1 saturated carbocycles. The summed E-state index contributed by atoms with van der Waals surface area (Å²) in [6.07, 6.45) is 5.09. The lowest BCUT2D eigenvalue weighted by molar-refractivity contribution is -0.141.